The van der Waals surface area contributed by atoms with Crippen molar-refractivity contribution in [1.29, 1.82) is 0 Å². The van der Waals surface area contributed by atoms with Gasteiger partial charge in [0, 0.05) is 0 Å². The third kappa shape index (κ3) is 4.76. The van der Waals surface area contributed by atoms with Crippen molar-refractivity contribution >= 4 is 5.91 Å². The second kappa shape index (κ2) is 8.54. The molecule has 2 N–H and O–H groups in total. The maximum absolute atomic E-state index is 12.6. The molecule has 0 aliphatic heterocycles. The molecule has 3 aromatic rings. The number of rotatable bonds is 7. The van der Waals surface area contributed by atoms with E-state index >= 15 is 0 Å². The lowest BCUT2D eigenvalue weighted by Gasteiger charge is -2.19. The number of aryl methyl sites for hydroxylation is 1. The van der Waals surface area contributed by atoms with Crippen molar-refractivity contribution in [3.05, 3.63) is 72.2 Å². The summed E-state index contributed by atoms with van der Waals surface area (Å²) in [6, 6.07) is 17.5. The predicted octanol–water partition coefficient (Wildman–Crippen LogP) is 4.42. The van der Waals surface area contributed by atoms with Gasteiger partial charge in [-0.3, -0.25) is 4.79 Å². The van der Waals surface area contributed by atoms with E-state index in [-0.39, 0.29) is 11.9 Å². The van der Waals surface area contributed by atoms with Crippen LogP contribution in [0.1, 0.15) is 37.7 Å². The van der Waals surface area contributed by atoms with Crippen molar-refractivity contribution in [1.82, 2.24) is 15.3 Å². The fourth-order valence-electron chi connectivity index (χ4n) is 2.81. The predicted molar refractivity (Wildman–Crippen MR) is 106 cm³/mol. The normalized spacial score (nSPS) is 13.0. The number of hydrogen-bond donors (Lipinski definition) is 2. The number of hydrogen-bond acceptors (Lipinski definition) is 3. The van der Waals surface area contributed by atoms with E-state index in [4.69, 9.17) is 4.74 Å². The maximum atomic E-state index is 12.6. The van der Waals surface area contributed by atoms with Gasteiger partial charge in [-0.1, -0.05) is 55.0 Å². The van der Waals surface area contributed by atoms with Crippen LogP contribution in [0.15, 0.2) is 60.8 Å². The van der Waals surface area contributed by atoms with E-state index in [9.17, 15) is 4.79 Å². The molecule has 2 aromatic carbocycles. The topological polar surface area (TPSA) is 67.0 Å². The monoisotopic (exact) mass is 363 g/mol. The van der Waals surface area contributed by atoms with Gasteiger partial charge < -0.3 is 15.0 Å². The van der Waals surface area contributed by atoms with Gasteiger partial charge in [0.25, 0.3) is 5.91 Å². The van der Waals surface area contributed by atoms with Crippen molar-refractivity contribution in [2.75, 3.05) is 0 Å². The van der Waals surface area contributed by atoms with Crippen LogP contribution in [0.5, 0.6) is 5.75 Å². The van der Waals surface area contributed by atoms with Gasteiger partial charge in [-0.15, -0.1) is 0 Å². The molecule has 5 nitrogen and oxygen atoms in total. The number of aromatic amines is 1. The standard InChI is InChI=1S/C22H25N3O2/c1-4-19(21-23-14-20(24-21)17-8-6-5-7-9-17)25-22(26)16(3)27-18-12-10-15(2)11-13-18/h5-14,16,19H,4H2,1-3H3,(H,23,24)(H,25,26). The highest BCUT2D eigenvalue weighted by atomic mass is 16.5. The van der Waals surface area contributed by atoms with Crippen molar-refractivity contribution in [3.63, 3.8) is 0 Å². The first kappa shape index (κ1) is 18.7. The zero-order chi connectivity index (χ0) is 19.2. The number of nitrogens with zero attached hydrogens (tertiary/aromatic N) is 1. The third-order valence-corrected chi connectivity index (χ3v) is 4.44. The summed E-state index contributed by atoms with van der Waals surface area (Å²) < 4.78 is 5.74. The summed E-state index contributed by atoms with van der Waals surface area (Å²) in [6.07, 6.45) is 1.93. The Kier molecular flexibility index (Phi) is 5.91. The molecule has 1 heterocycles. The van der Waals surface area contributed by atoms with Crippen LogP contribution >= 0.6 is 0 Å². The molecule has 0 fully saturated rings. The first-order valence-electron chi connectivity index (χ1n) is 9.21. The maximum Gasteiger partial charge on any atom is 0.261 e. The number of benzene rings is 2. The van der Waals surface area contributed by atoms with Gasteiger partial charge in [-0.05, 0) is 38.0 Å². The fourth-order valence-corrected chi connectivity index (χ4v) is 2.81. The lowest BCUT2D eigenvalue weighted by Crippen LogP contribution is -2.38. The summed E-state index contributed by atoms with van der Waals surface area (Å²) in [7, 11) is 0. The molecule has 0 bridgehead atoms. The van der Waals surface area contributed by atoms with E-state index in [0.29, 0.717) is 5.75 Å². The second-order valence-corrected chi connectivity index (χ2v) is 6.59. The van der Waals surface area contributed by atoms with E-state index in [1.807, 2.05) is 68.4 Å². The van der Waals surface area contributed by atoms with Gasteiger partial charge >= 0.3 is 0 Å². The highest BCUT2D eigenvalue weighted by Gasteiger charge is 2.21. The number of H-pyrrole nitrogens is 1. The second-order valence-electron chi connectivity index (χ2n) is 6.59. The molecule has 0 aliphatic rings. The number of amides is 1. The molecule has 2 atom stereocenters. The zero-order valence-corrected chi connectivity index (χ0v) is 15.9. The van der Waals surface area contributed by atoms with Gasteiger partial charge in [0.1, 0.15) is 11.6 Å². The highest BCUT2D eigenvalue weighted by Crippen LogP contribution is 2.21. The number of imidazole rings is 1. The van der Waals surface area contributed by atoms with Crippen LogP contribution in [0, 0.1) is 6.92 Å². The largest absolute Gasteiger partial charge is 0.481 e. The van der Waals surface area contributed by atoms with Crippen LogP contribution in [-0.2, 0) is 4.79 Å². The minimum Gasteiger partial charge on any atom is -0.481 e. The smallest absolute Gasteiger partial charge is 0.261 e. The Morgan fingerprint density at radius 3 is 2.52 bits per heavy atom. The Labute approximate surface area is 159 Å². The molecule has 27 heavy (non-hydrogen) atoms. The molecule has 5 heteroatoms. The fraction of sp³-hybridized carbons (Fsp3) is 0.273. The van der Waals surface area contributed by atoms with Gasteiger partial charge in [0.2, 0.25) is 0 Å². The Balaban J connectivity index is 1.65. The molecular formula is C22H25N3O2. The number of ether oxygens (including phenoxy) is 1. The highest BCUT2D eigenvalue weighted by molar-refractivity contribution is 5.81. The SMILES string of the molecule is CCC(NC(=O)C(C)Oc1ccc(C)cc1)c1ncc(-c2ccccc2)[nH]1. The van der Waals surface area contributed by atoms with E-state index in [0.717, 1.165) is 29.1 Å². The molecule has 1 aromatic heterocycles. The zero-order valence-electron chi connectivity index (χ0n) is 15.9. The van der Waals surface area contributed by atoms with E-state index in [1.165, 1.54) is 0 Å². The molecule has 0 spiro atoms. The van der Waals surface area contributed by atoms with E-state index in [1.54, 1.807) is 13.1 Å². The summed E-state index contributed by atoms with van der Waals surface area (Å²) in [6.45, 7) is 5.78. The van der Waals surface area contributed by atoms with E-state index in [2.05, 4.69) is 15.3 Å². The summed E-state index contributed by atoms with van der Waals surface area (Å²) >= 11 is 0. The molecule has 0 aliphatic carbocycles. The molecule has 1 amide bonds. The van der Waals surface area contributed by atoms with Gasteiger partial charge in [-0.2, -0.15) is 0 Å². The number of aromatic nitrogens is 2. The molecule has 140 valence electrons. The molecule has 2 unspecified atom stereocenters. The van der Waals surface area contributed by atoms with Crippen molar-refractivity contribution in [2.45, 2.75) is 39.3 Å². The number of carbonyl (C=O) groups is 1. The lowest BCUT2D eigenvalue weighted by molar-refractivity contribution is -0.128. The minimum absolute atomic E-state index is 0.167. The molecule has 3 rings (SSSR count). The van der Waals surface area contributed by atoms with Crippen LogP contribution in [0.2, 0.25) is 0 Å². The first-order valence-corrected chi connectivity index (χ1v) is 9.21. The lowest BCUT2D eigenvalue weighted by atomic mass is 10.2. The van der Waals surface area contributed by atoms with Crippen molar-refractivity contribution in [3.8, 4) is 17.0 Å². The minimum atomic E-state index is -0.592. The molecular weight excluding hydrogens is 338 g/mol. The Morgan fingerprint density at radius 2 is 1.85 bits per heavy atom. The molecule has 0 saturated heterocycles. The van der Waals surface area contributed by atoms with Gasteiger partial charge in [0.05, 0.1) is 17.9 Å². The molecule has 0 saturated carbocycles. The van der Waals surface area contributed by atoms with Crippen molar-refractivity contribution < 1.29 is 9.53 Å². The summed E-state index contributed by atoms with van der Waals surface area (Å²) in [5, 5.41) is 3.02. The van der Waals surface area contributed by atoms with Crippen LogP contribution in [0.25, 0.3) is 11.3 Å². The average Bonchev–Trinajstić information content (AvgIpc) is 3.18. The van der Waals surface area contributed by atoms with Crippen LogP contribution < -0.4 is 10.1 Å². The molecule has 0 radical (unpaired) electrons. The summed E-state index contributed by atoms with van der Waals surface area (Å²) in [4.78, 5) is 20.3. The van der Waals surface area contributed by atoms with E-state index < -0.39 is 6.10 Å². The van der Waals surface area contributed by atoms with Gasteiger partial charge in [-0.25, -0.2) is 4.98 Å². The average molecular weight is 363 g/mol. The number of carbonyl (C=O) groups excluding carboxylic acids is 1. The quantitative estimate of drug-likeness (QED) is 0.653. The Morgan fingerprint density at radius 1 is 1.15 bits per heavy atom. The van der Waals surface area contributed by atoms with Crippen LogP contribution in [0.4, 0.5) is 0 Å². The first-order chi connectivity index (χ1) is 13.1. The number of nitrogens with one attached hydrogen (secondary N) is 2. The third-order valence-electron chi connectivity index (χ3n) is 4.44. The summed E-state index contributed by atoms with van der Waals surface area (Å²) in [5.74, 6) is 1.26. The van der Waals surface area contributed by atoms with Crippen LogP contribution in [0.3, 0.4) is 0 Å². The Hall–Kier alpha value is -3.08. The van der Waals surface area contributed by atoms with Crippen molar-refractivity contribution in [2.24, 2.45) is 0 Å². The Bertz CT molecular complexity index is 872. The van der Waals surface area contributed by atoms with Gasteiger partial charge in [0.15, 0.2) is 6.10 Å². The summed E-state index contributed by atoms with van der Waals surface area (Å²) in [5.41, 5.74) is 3.15. The van der Waals surface area contributed by atoms with Crippen LogP contribution in [-0.4, -0.2) is 22.0 Å².